The van der Waals surface area contributed by atoms with Gasteiger partial charge >= 0.3 is 5.97 Å². The Kier molecular flexibility index (Phi) is 5.01. The van der Waals surface area contributed by atoms with E-state index >= 15 is 0 Å². The molecule has 0 atom stereocenters. The quantitative estimate of drug-likeness (QED) is 0.809. The molecule has 0 saturated heterocycles. The van der Waals surface area contributed by atoms with Crippen molar-refractivity contribution in [1.29, 1.82) is 0 Å². The summed E-state index contributed by atoms with van der Waals surface area (Å²) >= 11 is 13.0. The molecule has 0 aliphatic carbocycles. The molecular weight excluding hydrogens is 333 g/mol. The molecule has 0 aliphatic heterocycles. The van der Waals surface area contributed by atoms with Gasteiger partial charge < -0.3 is 10.4 Å². The summed E-state index contributed by atoms with van der Waals surface area (Å²) in [4.78, 5) is 23.8. The highest BCUT2D eigenvalue weighted by Crippen LogP contribution is 2.26. The first kappa shape index (κ1) is 15.6. The van der Waals surface area contributed by atoms with E-state index < -0.39 is 11.9 Å². The van der Waals surface area contributed by atoms with E-state index in [-0.39, 0.29) is 16.3 Å². The highest BCUT2D eigenvalue weighted by atomic mass is 35.5. The third kappa shape index (κ3) is 4.07. The minimum Gasteiger partial charge on any atom is -0.478 e. The minimum atomic E-state index is -1.16. The number of carbonyl (C=O) groups is 2. The molecule has 7 heteroatoms. The number of carboxylic acids is 1. The van der Waals surface area contributed by atoms with Gasteiger partial charge in [0, 0.05) is 11.0 Å². The SMILES string of the molecule is O=C(/C=C/c1ccc(Cl)s1)Nc1c(Cl)cccc1C(=O)O. The first-order chi connectivity index (χ1) is 9.97. The molecule has 1 heterocycles. The molecule has 0 spiro atoms. The van der Waals surface area contributed by atoms with E-state index in [4.69, 9.17) is 28.3 Å². The number of carbonyl (C=O) groups excluding carboxylic acids is 1. The molecule has 0 saturated carbocycles. The van der Waals surface area contributed by atoms with Gasteiger partial charge in [-0.15, -0.1) is 11.3 Å². The van der Waals surface area contributed by atoms with E-state index in [2.05, 4.69) is 5.32 Å². The van der Waals surface area contributed by atoms with Gasteiger partial charge in [0.25, 0.3) is 0 Å². The number of nitrogens with one attached hydrogen (secondary N) is 1. The molecule has 2 rings (SSSR count). The van der Waals surface area contributed by atoms with E-state index in [9.17, 15) is 9.59 Å². The topological polar surface area (TPSA) is 66.4 Å². The van der Waals surface area contributed by atoms with Gasteiger partial charge in [-0.2, -0.15) is 0 Å². The Hall–Kier alpha value is -1.82. The maximum absolute atomic E-state index is 11.8. The number of hydrogen-bond donors (Lipinski definition) is 2. The normalized spacial score (nSPS) is 10.8. The lowest BCUT2D eigenvalue weighted by atomic mass is 10.2. The van der Waals surface area contributed by atoms with Crippen LogP contribution in [0.1, 0.15) is 15.2 Å². The Morgan fingerprint density at radius 1 is 1.19 bits per heavy atom. The van der Waals surface area contributed by atoms with Gasteiger partial charge in [0.1, 0.15) is 0 Å². The predicted molar refractivity (Wildman–Crippen MR) is 85.4 cm³/mol. The number of benzene rings is 1. The Morgan fingerprint density at radius 3 is 2.57 bits per heavy atom. The molecule has 4 nitrogen and oxygen atoms in total. The van der Waals surface area contributed by atoms with Crippen LogP contribution in [0.2, 0.25) is 9.36 Å². The van der Waals surface area contributed by atoms with Gasteiger partial charge in [-0.05, 0) is 30.3 Å². The first-order valence-electron chi connectivity index (χ1n) is 5.73. The standard InChI is InChI=1S/C14H9Cl2NO3S/c15-10-3-1-2-9(14(19)20)13(10)17-12(18)7-5-8-4-6-11(16)21-8/h1-7H,(H,17,18)(H,19,20)/b7-5+. The summed E-state index contributed by atoms with van der Waals surface area (Å²) in [6.45, 7) is 0. The molecular formula is C14H9Cl2NO3S. The lowest BCUT2D eigenvalue weighted by Gasteiger charge is -2.08. The second-order valence-corrected chi connectivity index (χ2v) is 6.09. The van der Waals surface area contributed by atoms with Crippen molar-refractivity contribution in [3.63, 3.8) is 0 Å². The van der Waals surface area contributed by atoms with Crippen LogP contribution in [0.3, 0.4) is 0 Å². The molecule has 1 aromatic carbocycles. The molecule has 0 fully saturated rings. The lowest BCUT2D eigenvalue weighted by Crippen LogP contribution is -2.12. The summed E-state index contributed by atoms with van der Waals surface area (Å²) in [6, 6.07) is 7.87. The van der Waals surface area contributed by atoms with E-state index in [1.165, 1.54) is 35.6 Å². The zero-order chi connectivity index (χ0) is 15.4. The number of anilines is 1. The van der Waals surface area contributed by atoms with Crippen molar-refractivity contribution < 1.29 is 14.7 Å². The Balaban J connectivity index is 2.16. The summed E-state index contributed by atoms with van der Waals surface area (Å²) in [6.07, 6.45) is 2.88. The molecule has 21 heavy (non-hydrogen) atoms. The lowest BCUT2D eigenvalue weighted by molar-refractivity contribution is -0.111. The fourth-order valence-electron chi connectivity index (χ4n) is 1.57. The van der Waals surface area contributed by atoms with Crippen LogP contribution in [0.5, 0.6) is 0 Å². The fourth-order valence-corrected chi connectivity index (χ4v) is 2.76. The molecule has 0 aliphatic rings. The number of para-hydroxylation sites is 1. The predicted octanol–water partition coefficient (Wildman–Crippen LogP) is 4.41. The monoisotopic (exact) mass is 341 g/mol. The molecule has 0 radical (unpaired) electrons. The van der Waals surface area contributed by atoms with E-state index in [1.807, 2.05) is 0 Å². The van der Waals surface area contributed by atoms with Crippen molar-refractivity contribution >= 4 is 58.2 Å². The van der Waals surface area contributed by atoms with E-state index in [0.29, 0.717) is 4.34 Å². The van der Waals surface area contributed by atoms with Crippen molar-refractivity contribution in [2.24, 2.45) is 0 Å². The van der Waals surface area contributed by atoms with E-state index in [1.54, 1.807) is 18.2 Å². The molecule has 1 aromatic heterocycles. The molecule has 2 N–H and O–H groups in total. The first-order valence-corrected chi connectivity index (χ1v) is 7.31. The average molecular weight is 342 g/mol. The fraction of sp³-hybridized carbons (Fsp3) is 0. The Morgan fingerprint density at radius 2 is 1.95 bits per heavy atom. The van der Waals surface area contributed by atoms with E-state index in [0.717, 1.165) is 4.88 Å². The van der Waals surface area contributed by atoms with Crippen molar-refractivity contribution in [2.45, 2.75) is 0 Å². The number of hydrogen-bond acceptors (Lipinski definition) is 3. The summed E-state index contributed by atoms with van der Waals surface area (Å²) in [5, 5.41) is 11.7. The van der Waals surface area contributed by atoms with Crippen LogP contribution >= 0.6 is 34.5 Å². The summed E-state index contributed by atoms with van der Waals surface area (Å²) in [7, 11) is 0. The van der Waals surface area contributed by atoms with Crippen LogP contribution in [-0.2, 0) is 4.79 Å². The van der Waals surface area contributed by atoms with Crippen LogP contribution in [0.25, 0.3) is 6.08 Å². The average Bonchev–Trinajstić information content (AvgIpc) is 2.84. The smallest absolute Gasteiger partial charge is 0.337 e. The second kappa shape index (κ2) is 6.76. The van der Waals surface area contributed by atoms with Crippen LogP contribution < -0.4 is 5.32 Å². The minimum absolute atomic E-state index is 0.0663. The zero-order valence-corrected chi connectivity index (χ0v) is 12.8. The molecule has 0 unspecified atom stereocenters. The summed E-state index contributed by atoms with van der Waals surface area (Å²) in [5.74, 6) is -1.64. The maximum atomic E-state index is 11.8. The third-order valence-electron chi connectivity index (χ3n) is 2.49. The van der Waals surface area contributed by atoms with Crippen molar-refractivity contribution in [3.05, 3.63) is 56.2 Å². The highest BCUT2D eigenvalue weighted by Gasteiger charge is 2.14. The van der Waals surface area contributed by atoms with Crippen molar-refractivity contribution in [1.82, 2.24) is 0 Å². The van der Waals surface area contributed by atoms with Crippen LogP contribution in [0.4, 0.5) is 5.69 Å². The number of amides is 1. The van der Waals surface area contributed by atoms with Gasteiger partial charge in [0.2, 0.25) is 5.91 Å². The largest absolute Gasteiger partial charge is 0.478 e. The van der Waals surface area contributed by atoms with Crippen LogP contribution in [0, 0.1) is 0 Å². The van der Waals surface area contributed by atoms with Gasteiger partial charge in [0.15, 0.2) is 0 Å². The second-order valence-electron chi connectivity index (χ2n) is 3.93. The number of halogens is 2. The van der Waals surface area contributed by atoms with Crippen molar-refractivity contribution in [3.8, 4) is 0 Å². The Bertz CT molecular complexity index is 725. The maximum Gasteiger partial charge on any atom is 0.337 e. The van der Waals surface area contributed by atoms with Gasteiger partial charge in [-0.25, -0.2) is 4.79 Å². The molecule has 0 bridgehead atoms. The molecule has 2 aromatic rings. The van der Waals surface area contributed by atoms with Crippen LogP contribution in [0.15, 0.2) is 36.4 Å². The van der Waals surface area contributed by atoms with Gasteiger partial charge in [-0.1, -0.05) is 29.3 Å². The molecule has 1 amide bonds. The highest BCUT2D eigenvalue weighted by molar-refractivity contribution is 7.17. The Labute approximate surface area is 134 Å². The third-order valence-corrected chi connectivity index (χ3v) is 4.00. The van der Waals surface area contributed by atoms with Crippen LogP contribution in [-0.4, -0.2) is 17.0 Å². The number of rotatable bonds is 4. The van der Waals surface area contributed by atoms with Gasteiger partial charge in [-0.3, -0.25) is 4.79 Å². The number of thiophene rings is 1. The summed E-state index contributed by atoms with van der Waals surface area (Å²) in [5.41, 5.74) is 0.00828. The summed E-state index contributed by atoms with van der Waals surface area (Å²) < 4.78 is 0.620. The molecule has 108 valence electrons. The number of aromatic carboxylic acids is 1. The van der Waals surface area contributed by atoms with Crippen molar-refractivity contribution in [2.75, 3.05) is 5.32 Å². The number of carboxylic acid groups (broad SMARTS) is 1. The zero-order valence-electron chi connectivity index (χ0n) is 10.5. The van der Waals surface area contributed by atoms with Gasteiger partial charge in [0.05, 0.1) is 20.6 Å².